The SMILES string of the molecule is CN1CCN(C(=O)CC2(COc3ccc(F)cc3)CCCN(S(=O)(=O)c3c(F)cccc3F)C2)CC1. The predicted octanol–water partition coefficient (Wildman–Crippen LogP) is 3.12. The number of halogens is 3. The van der Waals surface area contributed by atoms with E-state index in [1.165, 1.54) is 24.3 Å². The molecule has 2 saturated heterocycles. The van der Waals surface area contributed by atoms with E-state index in [1.807, 2.05) is 7.05 Å². The number of carbonyl (C=O) groups is 1. The molecule has 2 aliphatic rings. The van der Waals surface area contributed by atoms with Crippen molar-refractivity contribution >= 4 is 15.9 Å². The summed E-state index contributed by atoms with van der Waals surface area (Å²) < 4.78 is 75.7. The van der Waals surface area contributed by atoms with Crippen LogP contribution in [-0.4, -0.2) is 81.4 Å². The van der Waals surface area contributed by atoms with E-state index in [0.29, 0.717) is 31.7 Å². The van der Waals surface area contributed by atoms with Crippen molar-refractivity contribution in [2.24, 2.45) is 5.41 Å². The molecule has 1 amide bonds. The van der Waals surface area contributed by atoms with Gasteiger partial charge in [0.2, 0.25) is 15.9 Å². The second kappa shape index (κ2) is 10.8. The fourth-order valence-electron chi connectivity index (χ4n) is 4.79. The third-order valence-corrected chi connectivity index (χ3v) is 8.78. The van der Waals surface area contributed by atoms with Crippen LogP contribution in [0.3, 0.4) is 0 Å². The van der Waals surface area contributed by atoms with Gasteiger partial charge < -0.3 is 14.5 Å². The van der Waals surface area contributed by atoms with Crippen LogP contribution < -0.4 is 4.74 Å². The fraction of sp³-hybridized carbons (Fsp3) is 0.480. The molecule has 2 aromatic carbocycles. The summed E-state index contributed by atoms with van der Waals surface area (Å²) in [5.74, 6) is -2.50. The van der Waals surface area contributed by atoms with Gasteiger partial charge in [-0.15, -0.1) is 0 Å². The topological polar surface area (TPSA) is 70.2 Å². The highest BCUT2D eigenvalue weighted by molar-refractivity contribution is 7.89. The van der Waals surface area contributed by atoms with Crippen molar-refractivity contribution < 1.29 is 31.1 Å². The van der Waals surface area contributed by atoms with Gasteiger partial charge in [0.25, 0.3) is 0 Å². The Kier molecular flexibility index (Phi) is 7.91. The highest BCUT2D eigenvalue weighted by atomic mass is 32.2. The van der Waals surface area contributed by atoms with Crippen molar-refractivity contribution in [3.8, 4) is 5.75 Å². The molecule has 2 fully saturated rings. The molecule has 1 unspecified atom stereocenters. The molecular weight excluding hydrogens is 495 g/mol. The Bertz CT molecular complexity index is 1170. The maximum Gasteiger partial charge on any atom is 0.248 e. The van der Waals surface area contributed by atoms with Gasteiger partial charge >= 0.3 is 0 Å². The summed E-state index contributed by atoms with van der Waals surface area (Å²) in [7, 11) is -2.53. The van der Waals surface area contributed by atoms with E-state index in [-0.39, 0.29) is 32.0 Å². The molecule has 2 aromatic rings. The Morgan fingerprint density at radius 3 is 2.25 bits per heavy atom. The molecular formula is C25H30F3N3O4S. The number of amides is 1. The molecule has 196 valence electrons. The van der Waals surface area contributed by atoms with Crippen molar-refractivity contribution in [2.75, 3.05) is 52.9 Å². The molecule has 0 saturated carbocycles. The van der Waals surface area contributed by atoms with Crippen LogP contribution in [0.15, 0.2) is 47.4 Å². The fourth-order valence-corrected chi connectivity index (χ4v) is 6.50. The normalized spacial score (nSPS) is 21.9. The lowest BCUT2D eigenvalue weighted by Crippen LogP contribution is -2.53. The standard InChI is InChI=1S/C25H30F3N3O4S/c1-29-12-14-30(15-13-29)23(32)16-25(18-35-20-8-6-19(26)7-9-20)10-3-11-31(17-25)36(33,34)24-21(27)4-2-5-22(24)28/h2,4-9H,3,10-18H2,1H3. The van der Waals surface area contributed by atoms with Crippen LogP contribution >= 0.6 is 0 Å². The summed E-state index contributed by atoms with van der Waals surface area (Å²) in [6, 6.07) is 8.32. The third kappa shape index (κ3) is 5.84. The Hall–Kier alpha value is -2.63. The lowest BCUT2D eigenvalue weighted by molar-refractivity contribution is -0.136. The molecule has 0 radical (unpaired) electrons. The maximum atomic E-state index is 14.4. The van der Waals surface area contributed by atoms with Gasteiger partial charge in [-0.05, 0) is 56.3 Å². The smallest absolute Gasteiger partial charge is 0.248 e. The first kappa shape index (κ1) is 26.4. The third-order valence-electron chi connectivity index (χ3n) is 6.88. The zero-order chi connectivity index (χ0) is 25.9. The van der Waals surface area contributed by atoms with E-state index in [4.69, 9.17) is 4.74 Å². The molecule has 36 heavy (non-hydrogen) atoms. The Balaban J connectivity index is 1.60. The quantitative estimate of drug-likeness (QED) is 0.556. The summed E-state index contributed by atoms with van der Waals surface area (Å²) >= 11 is 0. The van der Waals surface area contributed by atoms with Gasteiger partial charge in [-0.25, -0.2) is 21.6 Å². The van der Waals surface area contributed by atoms with E-state index in [1.54, 1.807) is 4.90 Å². The number of piperidine rings is 1. The molecule has 0 bridgehead atoms. The van der Waals surface area contributed by atoms with Gasteiger partial charge in [-0.3, -0.25) is 4.79 Å². The second-order valence-corrected chi connectivity index (χ2v) is 11.5. The number of hydrogen-bond donors (Lipinski definition) is 0. The van der Waals surface area contributed by atoms with Gasteiger partial charge in [0.15, 0.2) is 4.90 Å². The van der Waals surface area contributed by atoms with Crippen molar-refractivity contribution in [3.05, 3.63) is 59.9 Å². The minimum Gasteiger partial charge on any atom is -0.493 e. The average Bonchev–Trinajstić information content (AvgIpc) is 2.84. The molecule has 2 heterocycles. The summed E-state index contributed by atoms with van der Waals surface area (Å²) in [6.07, 6.45) is 0.890. The van der Waals surface area contributed by atoms with Gasteiger partial charge in [-0.1, -0.05) is 6.07 Å². The van der Waals surface area contributed by atoms with Gasteiger partial charge in [0.05, 0.1) is 6.61 Å². The summed E-state index contributed by atoms with van der Waals surface area (Å²) in [4.78, 5) is 16.2. The number of likely N-dealkylation sites (N-methyl/N-ethyl adjacent to an activating group) is 1. The molecule has 1 atom stereocenters. The van der Waals surface area contributed by atoms with Crippen LogP contribution in [0.5, 0.6) is 5.75 Å². The average molecular weight is 526 g/mol. The number of nitrogens with zero attached hydrogens (tertiary/aromatic N) is 3. The van der Waals surface area contributed by atoms with E-state index in [9.17, 15) is 26.4 Å². The summed E-state index contributed by atoms with van der Waals surface area (Å²) in [6.45, 7) is 2.51. The molecule has 0 spiro atoms. The van der Waals surface area contributed by atoms with Crippen LogP contribution in [-0.2, 0) is 14.8 Å². The minimum atomic E-state index is -4.50. The Morgan fingerprint density at radius 2 is 1.61 bits per heavy atom. The van der Waals surface area contributed by atoms with E-state index < -0.39 is 37.8 Å². The van der Waals surface area contributed by atoms with Crippen LogP contribution in [0, 0.1) is 22.9 Å². The van der Waals surface area contributed by atoms with Gasteiger partial charge in [0, 0.05) is 51.1 Å². The number of ether oxygens (including phenoxy) is 1. The van der Waals surface area contributed by atoms with Crippen molar-refractivity contribution in [1.29, 1.82) is 0 Å². The van der Waals surface area contributed by atoms with E-state index in [2.05, 4.69) is 4.90 Å². The summed E-state index contributed by atoms with van der Waals surface area (Å²) in [5.41, 5.74) is -0.929. The Morgan fingerprint density at radius 1 is 0.972 bits per heavy atom. The number of rotatable bonds is 7. The van der Waals surface area contributed by atoms with Crippen LogP contribution in [0.1, 0.15) is 19.3 Å². The number of sulfonamides is 1. The van der Waals surface area contributed by atoms with Crippen LogP contribution in [0.2, 0.25) is 0 Å². The lowest BCUT2D eigenvalue weighted by Gasteiger charge is -2.43. The number of piperazine rings is 1. The zero-order valence-electron chi connectivity index (χ0n) is 20.1. The molecule has 2 aliphatic heterocycles. The first-order valence-electron chi connectivity index (χ1n) is 11.9. The number of carbonyl (C=O) groups excluding carboxylic acids is 1. The second-order valence-electron chi connectivity index (χ2n) is 9.60. The van der Waals surface area contributed by atoms with Crippen molar-refractivity contribution in [2.45, 2.75) is 24.2 Å². The Labute approximate surface area is 209 Å². The predicted molar refractivity (Wildman–Crippen MR) is 127 cm³/mol. The zero-order valence-corrected chi connectivity index (χ0v) is 20.9. The first-order chi connectivity index (χ1) is 17.1. The lowest BCUT2D eigenvalue weighted by atomic mass is 9.78. The highest BCUT2D eigenvalue weighted by Crippen LogP contribution is 2.38. The molecule has 11 heteroatoms. The molecule has 7 nitrogen and oxygen atoms in total. The monoisotopic (exact) mass is 525 g/mol. The van der Waals surface area contributed by atoms with Crippen molar-refractivity contribution in [1.82, 2.24) is 14.1 Å². The maximum absolute atomic E-state index is 14.4. The summed E-state index contributed by atoms with van der Waals surface area (Å²) in [5, 5.41) is 0. The minimum absolute atomic E-state index is 0.0100. The first-order valence-corrected chi connectivity index (χ1v) is 13.3. The molecule has 0 aliphatic carbocycles. The van der Waals surface area contributed by atoms with Gasteiger partial charge in [0.1, 0.15) is 23.2 Å². The molecule has 0 aromatic heterocycles. The molecule has 4 rings (SSSR count). The van der Waals surface area contributed by atoms with Crippen LogP contribution in [0.25, 0.3) is 0 Å². The van der Waals surface area contributed by atoms with Crippen LogP contribution in [0.4, 0.5) is 13.2 Å². The highest BCUT2D eigenvalue weighted by Gasteiger charge is 2.44. The van der Waals surface area contributed by atoms with E-state index in [0.717, 1.165) is 35.6 Å². The molecule has 0 N–H and O–H groups in total. The van der Waals surface area contributed by atoms with Crippen molar-refractivity contribution in [3.63, 3.8) is 0 Å². The van der Waals surface area contributed by atoms with E-state index >= 15 is 0 Å². The largest absolute Gasteiger partial charge is 0.493 e. The van der Waals surface area contributed by atoms with Gasteiger partial charge in [-0.2, -0.15) is 4.31 Å². The number of benzene rings is 2. The number of hydrogen-bond acceptors (Lipinski definition) is 5.